The van der Waals surface area contributed by atoms with E-state index in [0.29, 0.717) is 38.6 Å². The molecule has 1 aliphatic heterocycles. The Bertz CT molecular complexity index is 1860. The van der Waals surface area contributed by atoms with Crippen LogP contribution >= 0.6 is 0 Å². The van der Waals surface area contributed by atoms with Crippen LogP contribution in [0.15, 0.2) is 35.3 Å². The van der Waals surface area contributed by atoms with E-state index < -0.39 is 102 Å². The number of carbonyl (C=O) groups excluding carboxylic acids is 8. The molecule has 374 valence electrons. The van der Waals surface area contributed by atoms with Gasteiger partial charge in [0.15, 0.2) is 5.96 Å². The van der Waals surface area contributed by atoms with Crippen molar-refractivity contribution in [3.63, 3.8) is 0 Å². The highest BCUT2D eigenvalue weighted by atomic mass is 16.4. The van der Waals surface area contributed by atoms with Crippen LogP contribution in [0.4, 0.5) is 0 Å². The van der Waals surface area contributed by atoms with E-state index in [2.05, 4.69) is 42.2 Å². The first-order valence-corrected chi connectivity index (χ1v) is 23.1. The van der Waals surface area contributed by atoms with Crippen molar-refractivity contribution < 1.29 is 48.3 Å². The third kappa shape index (κ3) is 20.4. The molecule has 14 N–H and O–H groups in total. The molecule has 0 bridgehead atoms. The third-order valence-electron chi connectivity index (χ3n) is 11.0. The maximum Gasteiger partial charge on any atom is 0.326 e. The van der Waals surface area contributed by atoms with Gasteiger partial charge in [-0.25, -0.2) is 4.79 Å². The number of carbonyl (C=O) groups is 9. The molecule has 8 amide bonds. The average molecular weight is 943 g/mol. The second-order valence-electron chi connectivity index (χ2n) is 17.3. The minimum absolute atomic E-state index is 0.0217. The first kappa shape index (κ1) is 56.8. The number of unbranched alkanes of at least 4 members (excludes halogenated alkanes) is 1. The molecule has 8 atom stereocenters. The monoisotopic (exact) mass is 943 g/mol. The minimum Gasteiger partial charge on any atom is -0.480 e. The molecule has 1 saturated heterocycles. The average Bonchev–Trinajstić information content (AvgIpc) is 3.76. The molecule has 0 unspecified atom stereocenters. The Hall–Kier alpha value is -6.32. The summed E-state index contributed by atoms with van der Waals surface area (Å²) in [6, 6.07) is 0.254. The van der Waals surface area contributed by atoms with Gasteiger partial charge >= 0.3 is 5.97 Å². The molecule has 2 rings (SSSR count). The highest BCUT2D eigenvalue weighted by Gasteiger charge is 2.40. The molecule has 1 aromatic rings. The summed E-state index contributed by atoms with van der Waals surface area (Å²) in [7, 11) is 0. The molecule has 1 aliphatic rings. The topological polar surface area (TPSA) is 352 Å². The Morgan fingerprint density at radius 2 is 1.27 bits per heavy atom. The van der Waals surface area contributed by atoms with Gasteiger partial charge in [-0.15, -0.1) is 0 Å². The van der Waals surface area contributed by atoms with Gasteiger partial charge in [0.25, 0.3) is 0 Å². The first-order chi connectivity index (χ1) is 31.7. The molecule has 0 aromatic heterocycles. The molecule has 1 fully saturated rings. The van der Waals surface area contributed by atoms with Crippen molar-refractivity contribution >= 4 is 59.2 Å². The van der Waals surface area contributed by atoms with Gasteiger partial charge in [0.05, 0.1) is 0 Å². The van der Waals surface area contributed by atoms with Gasteiger partial charge in [0, 0.05) is 26.4 Å². The van der Waals surface area contributed by atoms with Crippen molar-refractivity contribution in [2.45, 2.75) is 161 Å². The van der Waals surface area contributed by atoms with Crippen molar-refractivity contribution in [1.82, 2.24) is 42.1 Å². The summed E-state index contributed by atoms with van der Waals surface area (Å²) in [4.78, 5) is 124. The number of aliphatic imine (C=N–C) groups is 1. The number of aliphatic carboxylic acids is 1. The zero-order valence-corrected chi connectivity index (χ0v) is 39.7. The number of nitrogens with two attached hydrogens (primary N) is 3. The molecule has 22 heteroatoms. The summed E-state index contributed by atoms with van der Waals surface area (Å²) in [5.74, 6) is -6.47. The fraction of sp³-hybridized carbons (Fsp3) is 0.644. The number of benzene rings is 1. The lowest BCUT2D eigenvalue weighted by atomic mass is 10.0. The van der Waals surface area contributed by atoms with Gasteiger partial charge in [-0.2, -0.15) is 0 Å². The van der Waals surface area contributed by atoms with E-state index in [0.717, 1.165) is 5.56 Å². The van der Waals surface area contributed by atoms with Crippen molar-refractivity contribution in [2.24, 2.45) is 28.1 Å². The third-order valence-corrected chi connectivity index (χ3v) is 11.0. The van der Waals surface area contributed by atoms with E-state index in [1.165, 1.54) is 25.7 Å². The molecule has 0 saturated carbocycles. The van der Waals surface area contributed by atoms with Crippen LogP contribution in [-0.4, -0.2) is 137 Å². The van der Waals surface area contributed by atoms with Gasteiger partial charge in [0.1, 0.15) is 48.3 Å². The number of carboxylic acids is 1. The van der Waals surface area contributed by atoms with Crippen LogP contribution in [-0.2, 0) is 49.6 Å². The Balaban J connectivity index is 2.14. The number of rotatable bonds is 29. The van der Waals surface area contributed by atoms with Gasteiger partial charge < -0.3 is 64.4 Å². The fourth-order valence-corrected chi connectivity index (χ4v) is 7.47. The quantitative estimate of drug-likeness (QED) is 0.0256. The van der Waals surface area contributed by atoms with Crippen LogP contribution in [0, 0.1) is 5.92 Å². The summed E-state index contributed by atoms with van der Waals surface area (Å²) in [5.41, 5.74) is 17.1. The van der Waals surface area contributed by atoms with Gasteiger partial charge in [-0.3, -0.25) is 43.3 Å². The minimum atomic E-state index is -1.29. The predicted molar refractivity (Wildman–Crippen MR) is 250 cm³/mol. The molecule has 22 nitrogen and oxygen atoms in total. The van der Waals surface area contributed by atoms with Crippen LogP contribution in [0.3, 0.4) is 0 Å². The number of likely N-dealkylation sites (tertiary alicyclic amines) is 1. The summed E-state index contributed by atoms with van der Waals surface area (Å²) in [6.45, 7) is 10.3. The van der Waals surface area contributed by atoms with Gasteiger partial charge in [-0.05, 0) is 89.7 Å². The van der Waals surface area contributed by atoms with Crippen molar-refractivity contribution in [2.75, 3.05) is 19.6 Å². The summed E-state index contributed by atoms with van der Waals surface area (Å²) in [6.07, 6.45) is 3.35. The van der Waals surface area contributed by atoms with Crippen LogP contribution in [0.2, 0.25) is 0 Å². The van der Waals surface area contributed by atoms with Gasteiger partial charge in [0.2, 0.25) is 47.3 Å². The number of nitrogens with zero attached hydrogens (tertiary/aromatic N) is 2. The van der Waals surface area contributed by atoms with Crippen LogP contribution < -0.4 is 54.4 Å². The van der Waals surface area contributed by atoms with E-state index in [1.807, 2.05) is 44.2 Å². The number of hydrogen-bond acceptors (Lipinski definition) is 11. The van der Waals surface area contributed by atoms with E-state index >= 15 is 0 Å². The molecular weight excluding hydrogens is 869 g/mol. The standard InChI is InChI=1S/C45H74N12O10/c1-7-15-31(39(61)50-28(5)38(60)55-33(44(66)67)19-13-22-49-45(47)48)53-37(59)27(4)51-40(62)34(24-26(2)3)56-42(64)36-20-14-23-57(36)43(65)32(18-11-12-21-46)54-41(63)35(52-29(6)58)25-30-16-9-8-10-17-30/h8-10,16-17,26-28,31-36H,7,11-15,18-25,46H2,1-6H3,(H,50,61)(H,51,62)(H,52,58)(H,53,59)(H,54,63)(H,55,60)(H,56,64)(H,66,67)(H4,47,48,49)/t27-,28-,31-,32-,33-,34-,35-,36-/m0/s1. The van der Waals surface area contributed by atoms with E-state index in [4.69, 9.17) is 17.2 Å². The Labute approximate surface area is 392 Å². The summed E-state index contributed by atoms with van der Waals surface area (Å²) < 4.78 is 0. The molecule has 0 radical (unpaired) electrons. The highest BCUT2D eigenvalue weighted by Crippen LogP contribution is 2.21. The molecule has 1 aromatic carbocycles. The maximum absolute atomic E-state index is 14.2. The Morgan fingerprint density at radius 1 is 0.701 bits per heavy atom. The first-order valence-electron chi connectivity index (χ1n) is 23.1. The fourth-order valence-electron chi connectivity index (χ4n) is 7.47. The van der Waals surface area contributed by atoms with Crippen LogP contribution in [0.5, 0.6) is 0 Å². The van der Waals surface area contributed by atoms with Gasteiger partial charge in [-0.1, -0.05) is 57.5 Å². The lowest BCUT2D eigenvalue weighted by Crippen LogP contribution is -2.59. The smallest absolute Gasteiger partial charge is 0.326 e. The van der Waals surface area contributed by atoms with E-state index in [9.17, 15) is 48.3 Å². The number of hydrogen-bond donors (Lipinski definition) is 11. The number of guanidine groups is 1. The summed E-state index contributed by atoms with van der Waals surface area (Å²) >= 11 is 0. The number of carboxylic acid groups (broad SMARTS) is 1. The van der Waals surface area contributed by atoms with Crippen molar-refractivity contribution in [1.29, 1.82) is 0 Å². The van der Waals surface area contributed by atoms with Crippen LogP contribution in [0.25, 0.3) is 0 Å². The number of amides is 8. The maximum atomic E-state index is 14.2. The lowest BCUT2D eigenvalue weighted by molar-refractivity contribution is -0.142. The summed E-state index contributed by atoms with van der Waals surface area (Å²) in [5, 5.41) is 28.0. The predicted octanol–water partition coefficient (Wildman–Crippen LogP) is -1.21. The molecule has 67 heavy (non-hydrogen) atoms. The highest BCUT2D eigenvalue weighted by molar-refractivity contribution is 5.98. The van der Waals surface area contributed by atoms with Crippen LogP contribution in [0.1, 0.15) is 111 Å². The normalized spacial score (nSPS) is 16.4. The largest absolute Gasteiger partial charge is 0.480 e. The molecule has 0 spiro atoms. The molecule has 0 aliphatic carbocycles. The molecular formula is C45H74N12O10. The SMILES string of the molecule is CCC[C@H](NC(=O)[C@H](C)NC(=O)[C@H](CC(C)C)NC(=O)[C@@H]1CCCN1C(=O)[C@H](CCCCN)NC(=O)[C@H](Cc1ccccc1)NC(C)=O)C(=O)N[C@@H](C)C(=O)N[C@@H](CCCN=C(N)N)C(=O)O. The Kier molecular flexibility index (Phi) is 24.9. The van der Waals surface area contributed by atoms with Crippen molar-refractivity contribution in [3.05, 3.63) is 35.9 Å². The Morgan fingerprint density at radius 3 is 1.82 bits per heavy atom. The zero-order chi connectivity index (χ0) is 50.2. The van der Waals surface area contributed by atoms with E-state index in [1.54, 1.807) is 6.92 Å². The lowest BCUT2D eigenvalue weighted by Gasteiger charge is -2.31. The second kappa shape index (κ2) is 29.3. The molecule has 1 heterocycles. The van der Waals surface area contributed by atoms with E-state index in [-0.39, 0.29) is 63.5 Å². The van der Waals surface area contributed by atoms with Crippen molar-refractivity contribution in [3.8, 4) is 0 Å². The zero-order valence-electron chi connectivity index (χ0n) is 39.7. The second-order valence-corrected chi connectivity index (χ2v) is 17.3. The number of nitrogens with one attached hydrogen (secondary N) is 7.